The fourth-order valence-electron chi connectivity index (χ4n) is 3.12. The fraction of sp³-hybridized carbons (Fsp3) is 0.0909. The van der Waals surface area contributed by atoms with Crippen LogP contribution in [0.2, 0.25) is 0 Å². The molecule has 0 fully saturated rings. The minimum Gasteiger partial charge on any atom is -0.317 e. The first-order chi connectivity index (χ1) is 13.2. The van der Waals surface area contributed by atoms with Gasteiger partial charge in [-0.1, -0.05) is 60.3 Å². The molecule has 2 amide bonds. The van der Waals surface area contributed by atoms with Gasteiger partial charge in [0.05, 0.1) is 5.69 Å². The summed E-state index contributed by atoms with van der Waals surface area (Å²) in [5, 5.41) is 2.79. The van der Waals surface area contributed by atoms with E-state index < -0.39 is 11.8 Å². The van der Waals surface area contributed by atoms with Crippen LogP contribution in [0.1, 0.15) is 5.56 Å². The number of benzene rings is 3. The standard InChI is InChI=1S/C22H18N2O2S/c25-21(22(26)24-15-14-16-8-4-6-12-19(16)24)23-18-11-5-7-13-20(18)27-17-9-2-1-3-10-17/h1-13H,14-15H2,(H,23,25). The molecule has 27 heavy (non-hydrogen) atoms. The number of hydrogen-bond donors (Lipinski definition) is 1. The van der Waals surface area contributed by atoms with E-state index in [4.69, 9.17) is 0 Å². The van der Waals surface area contributed by atoms with Crippen molar-refractivity contribution in [3.63, 3.8) is 0 Å². The third-order valence-corrected chi connectivity index (χ3v) is 5.52. The van der Waals surface area contributed by atoms with Crippen LogP contribution in [0.3, 0.4) is 0 Å². The number of hydrogen-bond acceptors (Lipinski definition) is 3. The van der Waals surface area contributed by atoms with E-state index in [0.717, 1.165) is 27.5 Å². The average Bonchev–Trinajstić information content (AvgIpc) is 3.14. The van der Waals surface area contributed by atoms with Gasteiger partial charge < -0.3 is 10.2 Å². The van der Waals surface area contributed by atoms with Gasteiger partial charge in [-0.3, -0.25) is 9.59 Å². The van der Waals surface area contributed by atoms with Crippen LogP contribution < -0.4 is 10.2 Å². The molecule has 1 heterocycles. The molecule has 0 unspecified atom stereocenters. The van der Waals surface area contributed by atoms with E-state index in [9.17, 15) is 9.59 Å². The number of nitrogens with one attached hydrogen (secondary N) is 1. The van der Waals surface area contributed by atoms with E-state index in [1.54, 1.807) is 16.7 Å². The summed E-state index contributed by atoms with van der Waals surface area (Å²) in [5.74, 6) is -1.15. The lowest BCUT2D eigenvalue weighted by molar-refractivity contribution is -0.134. The molecule has 4 nitrogen and oxygen atoms in total. The predicted molar refractivity (Wildman–Crippen MR) is 108 cm³/mol. The van der Waals surface area contributed by atoms with Crippen molar-refractivity contribution in [2.45, 2.75) is 16.2 Å². The Morgan fingerprint density at radius 1 is 0.852 bits per heavy atom. The van der Waals surface area contributed by atoms with E-state index >= 15 is 0 Å². The average molecular weight is 374 g/mol. The molecule has 0 bridgehead atoms. The van der Waals surface area contributed by atoms with Crippen molar-refractivity contribution in [1.82, 2.24) is 0 Å². The monoisotopic (exact) mass is 374 g/mol. The van der Waals surface area contributed by atoms with Gasteiger partial charge in [0.15, 0.2) is 0 Å². The number of rotatable bonds is 3. The van der Waals surface area contributed by atoms with Gasteiger partial charge in [-0.05, 0) is 42.3 Å². The molecule has 0 aliphatic carbocycles. The molecule has 1 N–H and O–H groups in total. The normalized spacial score (nSPS) is 12.5. The van der Waals surface area contributed by atoms with E-state index in [2.05, 4.69) is 5.32 Å². The molecule has 0 saturated carbocycles. The number of amides is 2. The number of nitrogens with zero attached hydrogens (tertiary/aromatic N) is 1. The van der Waals surface area contributed by atoms with Gasteiger partial charge in [0.25, 0.3) is 0 Å². The van der Waals surface area contributed by atoms with E-state index in [1.807, 2.05) is 78.9 Å². The Hall–Kier alpha value is -3.05. The number of carbonyl (C=O) groups is 2. The summed E-state index contributed by atoms with van der Waals surface area (Å²) in [5.41, 5.74) is 2.56. The van der Waals surface area contributed by atoms with Crippen LogP contribution in [0.15, 0.2) is 88.7 Å². The minimum atomic E-state index is -0.618. The first kappa shape index (κ1) is 17.4. The van der Waals surface area contributed by atoms with Crippen LogP contribution in [-0.2, 0) is 16.0 Å². The molecule has 3 aromatic rings. The van der Waals surface area contributed by atoms with Crippen LogP contribution in [0.25, 0.3) is 0 Å². The molecule has 1 aliphatic rings. The van der Waals surface area contributed by atoms with Gasteiger partial charge in [0, 0.05) is 22.0 Å². The summed E-state index contributed by atoms with van der Waals surface area (Å²) in [6, 6.07) is 25.1. The van der Waals surface area contributed by atoms with Gasteiger partial charge in [0.2, 0.25) is 0 Å². The third-order valence-electron chi connectivity index (χ3n) is 4.43. The van der Waals surface area contributed by atoms with E-state index in [1.165, 1.54) is 0 Å². The van der Waals surface area contributed by atoms with Crippen molar-refractivity contribution in [2.24, 2.45) is 0 Å². The summed E-state index contributed by atoms with van der Waals surface area (Å²) >= 11 is 1.55. The van der Waals surface area contributed by atoms with Crippen molar-refractivity contribution >= 4 is 35.0 Å². The van der Waals surface area contributed by atoms with Crippen molar-refractivity contribution in [1.29, 1.82) is 0 Å². The second kappa shape index (κ2) is 7.68. The van der Waals surface area contributed by atoms with Gasteiger partial charge >= 0.3 is 11.8 Å². The molecule has 0 saturated heterocycles. The zero-order valence-corrected chi connectivity index (χ0v) is 15.4. The second-order valence-electron chi connectivity index (χ2n) is 6.20. The van der Waals surface area contributed by atoms with E-state index in [-0.39, 0.29) is 0 Å². The molecule has 4 rings (SSSR count). The Balaban J connectivity index is 1.51. The SMILES string of the molecule is O=C(Nc1ccccc1Sc1ccccc1)C(=O)N1CCc2ccccc21. The van der Waals surface area contributed by atoms with Crippen molar-refractivity contribution in [2.75, 3.05) is 16.8 Å². The summed E-state index contributed by atoms with van der Waals surface area (Å²) in [7, 11) is 0. The molecule has 5 heteroatoms. The fourth-order valence-corrected chi connectivity index (χ4v) is 4.04. The zero-order valence-electron chi connectivity index (χ0n) is 14.6. The Labute approximate surface area is 162 Å². The lowest BCUT2D eigenvalue weighted by atomic mass is 10.2. The summed E-state index contributed by atoms with van der Waals surface area (Å²) in [6.45, 7) is 0.534. The minimum absolute atomic E-state index is 0.528. The Kier molecular flexibility index (Phi) is 4.94. The molecule has 0 spiro atoms. The Morgan fingerprint density at radius 3 is 2.41 bits per heavy atom. The molecule has 0 atom stereocenters. The number of fused-ring (bicyclic) bond motifs is 1. The maximum atomic E-state index is 12.7. The van der Waals surface area contributed by atoms with Crippen LogP contribution in [-0.4, -0.2) is 18.4 Å². The number of para-hydroxylation sites is 2. The molecule has 3 aromatic carbocycles. The lowest BCUT2D eigenvalue weighted by Crippen LogP contribution is -2.38. The highest BCUT2D eigenvalue weighted by atomic mass is 32.2. The van der Waals surface area contributed by atoms with E-state index in [0.29, 0.717) is 12.2 Å². The maximum absolute atomic E-state index is 12.7. The first-order valence-electron chi connectivity index (χ1n) is 8.75. The molecule has 0 aromatic heterocycles. The third kappa shape index (κ3) is 3.73. The second-order valence-corrected chi connectivity index (χ2v) is 7.32. The number of anilines is 2. The topological polar surface area (TPSA) is 49.4 Å². The first-order valence-corrected chi connectivity index (χ1v) is 9.57. The maximum Gasteiger partial charge on any atom is 0.316 e. The van der Waals surface area contributed by atoms with Gasteiger partial charge in [0.1, 0.15) is 0 Å². The van der Waals surface area contributed by atoms with Gasteiger partial charge in [-0.2, -0.15) is 0 Å². The molecule has 134 valence electrons. The van der Waals surface area contributed by atoms with Crippen LogP contribution in [0.4, 0.5) is 11.4 Å². The van der Waals surface area contributed by atoms with Crippen LogP contribution in [0, 0.1) is 0 Å². The van der Waals surface area contributed by atoms with Crippen molar-refractivity contribution in [3.05, 3.63) is 84.4 Å². The zero-order chi connectivity index (χ0) is 18.6. The highest BCUT2D eigenvalue weighted by molar-refractivity contribution is 7.99. The Bertz CT molecular complexity index is 988. The number of carbonyl (C=O) groups excluding carboxylic acids is 2. The lowest BCUT2D eigenvalue weighted by Gasteiger charge is -2.17. The molecular formula is C22H18N2O2S. The smallest absolute Gasteiger partial charge is 0.316 e. The Morgan fingerprint density at radius 2 is 1.56 bits per heavy atom. The predicted octanol–water partition coefficient (Wildman–Crippen LogP) is 4.37. The van der Waals surface area contributed by atoms with Crippen LogP contribution in [0.5, 0.6) is 0 Å². The highest BCUT2D eigenvalue weighted by Gasteiger charge is 2.29. The highest BCUT2D eigenvalue weighted by Crippen LogP contribution is 2.33. The molecular weight excluding hydrogens is 356 g/mol. The van der Waals surface area contributed by atoms with Gasteiger partial charge in [-0.15, -0.1) is 0 Å². The van der Waals surface area contributed by atoms with Crippen molar-refractivity contribution < 1.29 is 9.59 Å². The van der Waals surface area contributed by atoms with Crippen LogP contribution >= 0.6 is 11.8 Å². The van der Waals surface area contributed by atoms with Crippen molar-refractivity contribution in [3.8, 4) is 0 Å². The molecule has 0 radical (unpaired) electrons. The summed E-state index contributed by atoms with van der Waals surface area (Å²) in [4.78, 5) is 28.8. The quantitative estimate of drug-likeness (QED) is 0.693. The molecule has 1 aliphatic heterocycles. The summed E-state index contributed by atoms with van der Waals surface area (Å²) < 4.78 is 0. The summed E-state index contributed by atoms with van der Waals surface area (Å²) in [6.07, 6.45) is 0.773. The largest absolute Gasteiger partial charge is 0.317 e. The van der Waals surface area contributed by atoms with Gasteiger partial charge in [-0.25, -0.2) is 0 Å².